The smallest absolute Gasteiger partial charge is 0.234 e. The molecule has 5 heteroatoms. The van der Waals surface area contributed by atoms with Crippen LogP contribution in [-0.2, 0) is 9.53 Å². The molecule has 3 N–H and O–H groups in total. The van der Waals surface area contributed by atoms with Crippen LogP contribution in [0, 0.1) is 0 Å². The van der Waals surface area contributed by atoms with Crippen LogP contribution in [0.15, 0.2) is 0 Å². The number of hydrogen-bond donors (Lipinski definition) is 2. The molecule has 1 amide bonds. The maximum absolute atomic E-state index is 12.1. The fourth-order valence-corrected chi connectivity index (χ4v) is 3.11. The van der Waals surface area contributed by atoms with Crippen LogP contribution in [0.25, 0.3) is 0 Å². The minimum Gasteiger partial charge on any atom is -0.381 e. The van der Waals surface area contributed by atoms with Crippen LogP contribution < -0.4 is 11.1 Å². The van der Waals surface area contributed by atoms with E-state index in [-0.39, 0.29) is 11.9 Å². The summed E-state index contributed by atoms with van der Waals surface area (Å²) in [6.45, 7) is 5.05. The van der Waals surface area contributed by atoms with Gasteiger partial charge < -0.3 is 15.8 Å². The highest BCUT2D eigenvalue weighted by atomic mass is 16.5. The minimum atomic E-state index is 0.135. The average Bonchev–Trinajstić information content (AvgIpc) is 2.40. The molecule has 0 bridgehead atoms. The van der Waals surface area contributed by atoms with Crippen LogP contribution >= 0.6 is 0 Å². The Morgan fingerprint density at radius 1 is 1.37 bits per heavy atom. The zero-order valence-electron chi connectivity index (χ0n) is 11.9. The Kier molecular flexibility index (Phi) is 5.60. The topological polar surface area (TPSA) is 67.6 Å². The van der Waals surface area contributed by atoms with Crippen LogP contribution in [0.5, 0.6) is 0 Å². The van der Waals surface area contributed by atoms with Crippen molar-refractivity contribution in [3.05, 3.63) is 0 Å². The van der Waals surface area contributed by atoms with E-state index in [1.54, 1.807) is 0 Å². The van der Waals surface area contributed by atoms with Gasteiger partial charge in [-0.3, -0.25) is 9.69 Å². The first-order valence-corrected chi connectivity index (χ1v) is 7.53. The van der Waals surface area contributed by atoms with Crippen molar-refractivity contribution in [1.29, 1.82) is 0 Å². The second kappa shape index (κ2) is 7.22. The van der Waals surface area contributed by atoms with Crippen LogP contribution in [0.4, 0.5) is 0 Å². The van der Waals surface area contributed by atoms with E-state index >= 15 is 0 Å². The van der Waals surface area contributed by atoms with Crippen molar-refractivity contribution in [3.8, 4) is 0 Å². The van der Waals surface area contributed by atoms with Gasteiger partial charge in [0, 0.05) is 31.3 Å². The quantitative estimate of drug-likeness (QED) is 0.779. The van der Waals surface area contributed by atoms with Gasteiger partial charge in [-0.15, -0.1) is 0 Å². The summed E-state index contributed by atoms with van der Waals surface area (Å²) in [5.41, 5.74) is 6.03. The lowest BCUT2D eigenvalue weighted by Gasteiger charge is -2.37. The molecular formula is C14H27N3O2. The van der Waals surface area contributed by atoms with E-state index in [1.165, 1.54) is 12.8 Å². The summed E-state index contributed by atoms with van der Waals surface area (Å²) in [4.78, 5) is 14.4. The second-order valence-electron chi connectivity index (χ2n) is 5.85. The lowest BCUT2D eigenvalue weighted by molar-refractivity contribution is -0.124. The zero-order chi connectivity index (χ0) is 13.7. The van der Waals surface area contributed by atoms with Gasteiger partial charge in [0.05, 0.1) is 6.54 Å². The molecule has 5 nitrogen and oxygen atoms in total. The van der Waals surface area contributed by atoms with Gasteiger partial charge >= 0.3 is 0 Å². The molecule has 0 aliphatic carbocycles. The van der Waals surface area contributed by atoms with Crippen LogP contribution in [0.3, 0.4) is 0 Å². The number of amides is 1. The number of nitrogens with two attached hydrogens (primary N) is 1. The number of likely N-dealkylation sites (tertiary alicyclic amines) is 1. The molecule has 0 aromatic heterocycles. The molecule has 2 saturated heterocycles. The Labute approximate surface area is 115 Å². The van der Waals surface area contributed by atoms with E-state index in [9.17, 15) is 4.79 Å². The molecule has 2 heterocycles. The fraction of sp³-hybridized carbons (Fsp3) is 0.929. The zero-order valence-corrected chi connectivity index (χ0v) is 11.9. The Bertz CT molecular complexity index is 290. The molecular weight excluding hydrogens is 242 g/mol. The normalized spacial score (nSPS) is 28.0. The van der Waals surface area contributed by atoms with Crippen molar-refractivity contribution in [2.24, 2.45) is 5.73 Å². The molecule has 19 heavy (non-hydrogen) atoms. The summed E-state index contributed by atoms with van der Waals surface area (Å²) in [6, 6.07) is 0.783. The summed E-state index contributed by atoms with van der Waals surface area (Å²) in [5, 5.41) is 3.12. The SMILES string of the molecule is CC(N)C1CCCCN1CC(=O)NC1CCOCC1. The molecule has 0 aromatic carbocycles. The Morgan fingerprint density at radius 3 is 2.79 bits per heavy atom. The summed E-state index contributed by atoms with van der Waals surface area (Å²) in [6.07, 6.45) is 5.38. The van der Waals surface area contributed by atoms with Crippen LogP contribution in [0.2, 0.25) is 0 Å². The predicted molar refractivity (Wildman–Crippen MR) is 74.8 cm³/mol. The standard InChI is InChI=1S/C14H27N3O2/c1-11(15)13-4-2-3-7-17(13)10-14(18)16-12-5-8-19-9-6-12/h11-13H,2-10,15H2,1H3,(H,16,18). The highest BCUT2D eigenvalue weighted by molar-refractivity contribution is 5.78. The van der Waals surface area contributed by atoms with Gasteiger partial charge in [0.2, 0.25) is 5.91 Å². The van der Waals surface area contributed by atoms with Crippen LogP contribution in [-0.4, -0.2) is 55.2 Å². The highest BCUT2D eigenvalue weighted by Crippen LogP contribution is 2.18. The Morgan fingerprint density at radius 2 is 2.11 bits per heavy atom. The van der Waals surface area contributed by atoms with Crippen molar-refractivity contribution in [2.75, 3.05) is 26.3 Å². The number of nitrogens with zero attached hydrogens (tertiary/aromatic N) is 1. The van der Waals surface area contributed by atoms with Crippen LogP contribution in [0.1, 0.15) is 39.0 Å². The molecule has 0 saturated carbocycles. The number of piperidine rings is 1. The second-order valence-corrected chi connectivity index (χ2v) is 5.85. The first-order valence-electron chi connectivity index (χ1n) is 7.53. The third-order valence-electron chi connectivity index (χ3n) is 4.20. The highest BCUT2D eigenvalue weighted by Gasteiger charge is 2.27. The molecule has 2 atom stereocenters. The molecule has 0 aromatic rings. The van der Waals surface area contributed by atoms with E-state index < -0.39 is 0 Å². The number of hydrogen-bond acceptors (Lipinski definition) is 4. The van der Waals surface area contributed by atoms with Gasteiger partial charge in [0.15, 0.2) is 0 Å². The lowest BCUT2D eigenvalue weighted by atomic mass is 9.97. The van der Waals surface area contributed by atoms with Gasteiger partial charge in [-0.2, -0.15) is 0 Å². The van der Waals surface area contributed by atoms with E-state index in [0.717, 1.165) is 39.0 Å². The third-order valence-corrected chi connectivity index (χ3v) is 4.20. The molecule has 110 valence electrons. The number of ether oxygens (including phenoxy) is 1. The number of carbonyl (C=O) groups is 1. The molecule has 2 rings (SSSR count). The van der Waals surface area contributed by atoms with E-state index in [4.69, 9.17) is 10.5 Å². The van der Waals surface area contributed by atoms with Gasteiger partial charge in [0.1, 0.15) is 0 Å². The first-order chi connectivity index (χ1) is 9.16. The van der Waals surface area contributed by atoms with Gasteiger partial charge in [0.25, 0.3) is 0 Å². The van der Waals surface area contributed by atoms with E-state index in [1.807, 2.05) is 6.92 Å². The minimum absolute atomic E-state index is 0.135. The van der Waals surface area contributed by atoms with E-state index in [2.05, 4.69) is 10.2 Å². The van der Waals surface area contributed by atoms with Gasteiger partial charge in [-0.1, -0.05) is 6.42 Å². The fourth-order valence-electron chi connectivity index (χ4n) is 3.11. The third kappa shape index (κ3) is 4.44. The lowest BCUT2D eigenvalue weighted by Crippen LogP contribution is -2.53. The average molecular weight is 269 g/mol. The molecule has 0 radical (unpaired) electrons. The van der Waals surface area contributed by atoms with Crippen molar-refractivity contribution in [1.82, 2.24) is 10.2 Å². The van der Waals surface area contributed by atoms with E-state index in [0.29, 0.717) is 18.6 Å². The first kappa shape index (κ1) is 14.8. The monoisotopic (exact) mass is 269 g/mol. The molecule has 0 spiro atoms. The summed E-state index contributed by atoms with van der Waals surface area (Å²) < 4.78 is 5.30. The van der Waals surface area contributed by atoms with Crippen molar-refractivity contribution >= 4 is 5.91 Å². The number of carbonyl (C=O) groups excluding carboxylic acids is 1. The molecule has 2 aliphatic heterocycles. The molecule has 2 fully saturated rings. The molecule has 2 aliphatic rings. The number of nitrogens with one attached hydrogen (secondary N) is 1. The van der Waals surface area contributed by atoms with Gasteiger partial charge in [-0.25, -0.2) is 0 Å². The maximum Gasteiger partial charge on any atom is 0.234 e. The van der Waals surface area contributed by atoms with Crippen molar-refractivity contribution in [3.63, 3.8) is 0 Å². The number of rotatable bonds is 4. The predicted octanol–water partition coefficient (Wildman–Crippen LogP) is 0.483. The molecule has 2 unspecified atom stereocenters. The maximum atomic E-state index is 12.1. The largest absolute Gasteiger partial charge is 0.381 e. The van der Waals surface area contributed by atoms with Crippen molar-refractivity contribution in [2.45, 2.75) is 57.2 Å². The van der Waals surface area contributed by atoms with Gasteiger partial charge in [-0.05, 0) is 39.2 Å². The Balaban J connectivity index is 1.79. The summed E-state index contributed by atoms with van der Waals surface area (Å²) in [5.74, 6) is 0.138. The summed E-state index contributed by atoms with van der Waals surface area (Å²) in [7, 11) is 0. The van der Waals surface area contributed by atoms with Crippen molar-refractivity contribution < 1.29 is 9.53 Å². The Hall–Kier alpha value is -0.650. The summed E-state index contributed by atoms with van der Waals surface area (Å²) >= 11 is 0.